The van der Waals surface area contributed by atoms with Crippen molar-refractivity contribution in [2.75, 3.05) is 13.7 Å². The van der Waals surface area contributed by atoms with E-state index in [2.05, 4.69) is 15.4 Å². The maximum atomic E-state index is 11.5. The molecule has 0 aromatic heterocycles. The van der Waals surface area contributed by atoms with Crippen LogP contribution in [-0.4, -0.2) is 54.6 Å². The molecule has 0 fully saturated rings. The van der Waals surface area contributed by atoms with Crippen LogP contribution in [0.3, 0.4) is 0 Å². The Hall–Kier alpha value is -2.42. The summed E-state index contributed by atoms with van der Waals surface area (Å²) in [5, 5.41) is 13.4. The standard InChI is InChI=1S/C12H19N3O6/c1-3-7(13)11(18)15-8(12(19)20)6-14-9(16)4-5-10(17)21-2/h4-5,7-8H,3,6,13H2,1-2H3,(H,14,16)(H,15,18)(H,19,20)/b5-4+/t7?,8-/m0/s1. The zero-order chi connectivity index (χ0) is 16.4. The van der Waals surface area contributed by atoms with E-state index >= 15 is 0 Å². The van der Waals surface area contributed by atoms with Gasteiger partial charge in [0.1, 0.15) is 6.04 Å². The van der Waals surface area contributed by atoms with Crippen molar-refractivity contribution >= 4 is 23.8 Å². The predicted octanol–water partition coefficient (Wildman–Crippen LogP) is -1.86. The Balaban J connectivity index is 4.43. The number of nitrogens with one attached hydrogen (secondary N) is 2. The third-order valence-electron chi connectivity index (χ3n) is 2.44. The normalized spacial score (nSPS) is 13.3. The molecule has 2 amide bonds. The Morgan fingerprint density at radius 2 is 1.90 bits per heavy atom. The van der Waals surface area contributed by atoms with E-state index in [9.17, 15) is 19.2 Å². The molecule has 0 aromatic rings. The largest absolute Gasteiger partial charge is 0.480 e. The number of rotatable bonds is 8. The number of hydrogen-bond acceptors (Lipinski definition) is 6. The monoisotopic (exact) mass is 301 g/mol. The van der Waals surface area contributed by atoms with Gasteiger partial charge in [0, 0.05) is 18.7 Å². The van der Waals surface area contributed by atoms with Crippen molar-refractivity contribution < 1.29 is 29.0 Å². The first-order valence-electron chi connectivity index (χ1n) is 6.14. The highest BCUT2D eigenvalue weighted by Crippen LogP contribution is 1.90. The SMILES string of the molecule is CCC(N)C(=O)N[C@@H](CNC(=O)/C=C/C(=O)OC)C(=O)O. The number of amides is 2. The van der Waals surface area contributed by atoms with E-state index in [0.717, 1.165) is 19.3 Å². The molecule has 0 rings (SSSR count). The fourth-order valence-corrected chi connectivity index (χ4v) is 1.14. The number of aliphatic carboxylic acids is 1. The van der Waals surface area contributed by atoms with Gasteiger partial charge in [-0.3, -0.25) is 9.59 Å². The van der Waals surface area contributed by atoms with Crippen LogP contribution in [0.2, 0.25) is 0 Å². The lowest BCUT2D eigenvalue weighted by Gasteiger charge is -2.17. The van der Waals surface area contributed by atoms with Crippen molar-refractivity contribution in [2.45, 2.75) is 25.4 Å². The summed E-state index contributed by atoms with van der Waals surface area (Å²) in [5.74, 6) is -3.35. The van der Waals surface area contributed by atoms with E-state index in [1.807, 2.05) is 0 Å². The van der Waals surface area contributed by atoms with Gasteiger partial charge in [-0.25, -0.2) is 9.59 Å². The molecule has 0 bridgehead atoms. The molecule has 0 aliphatic rings. The Labute approximate surface area is 121 Å². The van der Waals surface area contributed by atoms with Crippen LogP contribution in [0.4, 0.5) is 0 Å². The smallest absolute Gasteiger partial charge is 0.330 e. The fourth-order valence-electron chi connectivity index (χ4n) is 1.14. The predicted molar refractivity (Wildman–Crippen MR) is 72.0 cm³/mol. The molecule has 0 saturated heterocycles. The van der Waals surface area contributed by atoms with Crippen molar-refractivity contribution in [2.24, 2.45) is 5.73 Å². The van der Waals surface area contributed by atoms with E-state index in [1.54, 1.807) is 6.92 Å². The van der Waals surface area contributed by atoms with Crippen molar-refractivity contribution in [3.05, 3.63) is 12.2 Å². The molecule has 1 unspecified atom stereocenters. The molecule has 0 aliphatic carbocycles. The van der Waals surface area contributed by atoms with E-state index < -0.39 is 35.8 Å². The lowest BCUT2D eigenvalue weighted by atomic mass is 10.2. The first-order chi connectivity index (χ1) is 9.81. The fraction of sp³-hybridized carbons (Fsp3) is 0.500. The van der Waals surface area contributed by atoms with Crippen molar-refractivity contribution in [1.82, 2.24) is 10.6 Å². The van der Waals surface area contributed by atoms with Gasteiger partial charge in [0.05, 0.1) is 13.2 Å². The van der Waals surface area contributed by atoms with E-state index in [4.69, 9.17) is 10.8 Å². The molecule has 5 N–H and O–H groups in total. The number of carboxylic acid groups (broad SMARTS) is 1. The van der Waals surface area contributed by atoms with Crippen LogP contribution in [0.5, 0.6) is 0 Å². The molecule has 9 nitrogen and oxygen atoms in total. The molecule has 0 aromatic carbocycles. The summed E-state index contributed by atoms with van der Waals surface area (Å²) >= 11 is 0. The number of ether oxygens (including phenoxy) is 1. The van der Waals surface area contributed by atoms with Gasteiger partial charge in [0.25, 0.3) is 0 Å². The number of carboxylic acids is 1. The molecule has 0 heterocycles. The van der Waals surface area contributed by atoms with Crippen LogP contribution in [-0.2, 0) is 23.9 Å². The van der Waals surface area contributed by atoms with Crippen LogP contribution < -0.4 is 16.4 Å². The summed E-state index contributed by atoms with van der Waals surface area (Å²) in [6.07, 6.45) is 2.13. The number of carbonyl (C=O) groups excluding carboxylic acids is 3. The zero-order valence-corrected chi connectivity index (χ0v) is 11.8. The Morgan fingerprint density at radius 3 is 2.38 bits per heavy atom. The molecule has 118 valence electrons. The molecular weight excluding hydrogens is 282 g/mol. The first kappa shape index (κ1) is 18.6. The van der Waals surface area contributed by atoms with Crippen LogP contribution >= 0.6 is 0 Å². The zero-order valence-electron chi connectivity index (χ0n) is 11.8. The molecule has 2 atom stereocenters. The highest BCUT2D eigenvalue weighted by atomic mass is 16.5. The van der Waals surface area contributed by atoms with Crippen LogP contribution in [0.15, 0.2) is 12.2 Å². The third-order valence-corrected chi connectivity index (χ3v) is 2.44. The molecule has 0 radical (unpaired) electrons. The summed E-state index contributed by atoms with van der Waals surface area (Å²) in [5.41, 5.74) is 5.46. The summed E-state index contributed by atoms with van der Waals surface area (Å²) in [6, 6.07) is -2.13. The highest BCUT2D eigenvalue weighted by molar-refractivity contribution is 5.95. The minimum absolute atomic E-state index is 0.345. The topological polar surface area (TPSA) is 148 Å². The van der Waals surface area contributed by atoms with Crippen molar-refractivity contribution in [1.29, 1.82) is 0 Å². The summed E-state index contributed by atoms with van der Waals surface area (Å²) in [6.45, 7) is 1.33. The number of nitrogens with two attached hydrogens (primary N) is 1. The van der Waals surface area contributed by atoms with Crippen LogP contribution in [0.25, 0.3) is 0 Å². The van der Waals surface area contributed by atoms with Crippen LogP contribution in [0, 0.1) is 0 Å². The van der Waals surface area contributed by atoms with Gasteiger partial charge in [-0.1, -0.05) is 6.92 Å². The number of methoxy groups -OCH3 is 1. The number of esters is 1. The van der Waals surface area contributed by atoms with Crippen molar-refractivity contribution in [3.63, 3.8) is 0 Å². The average molecular weight is 301 g/mol. The summed E-state index contributed by atoms with van der Waals surface area (Å²) < 4.78 is 4.29. The van der Waals surface area contributed by atoms with E-state index in [-0.39, 0.29) is 6.54 Å². The Kier molecular flexibility index (Phi) is 8.39. The first-order valence-corrected chi connectivity index (χ1v) is 6.14. The summed E-state index contributed by atoms with van der Waals surface area (Å²) in [4.78, 5) is 44.6. The Bertz CT molecular complexity index is 435. The maximum Gasteiger partial charge on any atom is 0.330 e. The Morgan fingerprint density at radius 1 is 1.29 bits per heavy atom. The summed E-state index contributed by atoms with van der Waals surface area (Å²) in [7, 11) is 1.15. The minimum Gasteiger partial charge on any atom is -0.480 e. The second-order valence-corrected chi connectivity index (χ2v) is 4.02. The quantitative estimate of drug-likeness (QED) is 0.303. The second kappa shape index (κ2) is 9.48. The van der Waals surface area contributed by atoms with Gasteiger partial charge >= 0.3 is 11.9 Å². The van der Waals surface area contributed by atoms with Gasteiger partial charge in [-0.15, -0.1) is 0 Å². The number of carbonyl (C=O) groups is 4. The molecule has 9 heteroatoms. The maximum absolute atomic E-state index is 11.5. The highest BCUT2D eigenvalue weighted by Gasteiger charge is 2.22. The van der Waals surface area contributed by atoms with E-state index in [1.165, 1.54) is 0 Å². The van der Waals surface area contributed by atoms with Gasteiger partial charge in [0.2, 0.25) is 11.8 Å². The molecule has 0 aliphatic heterocycles. The van der Waals surface area contributed by atoms with Gasteiger partial charge in [0.15, 0.2) is 0 Å². The lowest BCUT2D eigenvalue weighted by molar-refractivity contribution is -0.142. The second-order valence-electron chi connectivity index (χ2n) is 4.02. The van der Waals surface area contributed by atoms with Gasteiger partial charge in [-0.2, -0.15) is 0 Å². The van der Waals surface area contributed by atoms with Gasteiger partial charge < -0.3 is 26.2 Å². The third kappa shape index (κ3) is 7.67. The molecule has 21 heavy (non-hydrogen) atoms. The van der Waals surface area contributed by atoms with Crippen molar-refractivity contribution in [3.8, 4) is 0 Å². The molecule has 0 saturated carbocycles. The van der Waals surface area contributed by atoms with E-state index in [0.29, 0.717) is 6.42 Å². The lowest BCUT2D eigenvalue weighted by Crippen LogP contribution is -2.52. The molecule has 0 spiro atoms. The van der Waals surface area contributed by atoms with Gasteiger partial charge in [-0.05, 0) is 6.42 Å². The molecular formula is C12H19N3O6. The minimum atomic E-state index is -1.32. The van der Waals surface area contributed by atoms with Crippen LogP contribution in [0.1, 0.15) is 13.3 Å². The average Bonchev–Trinajstić information content (AvgIpc) is 2.47. The number of hydrogen-bond donors (Lipinski definition) is 4.